The van der Waals surface area contributed by atoms with Gasteiger partial charge in [0.2, 0.25) is 0 Å². The molecule has 2 aromatic rings. The summed E-state index contributed by atoms with van der Waals surface area (Å²) in [6.07, 6.45) is -0.431. The second kappa shape index (κ2) is 8.01. The number of hydrogen-bond donors (Lipinski definition) is 1. The van der Waals surface area contributed by atoms with E-state index in [0.717, 1.165) is 22.4 Å². The molecular weight excluding hydrogens is 366 g/mol. The van der Waals surface area contributed by atoms with Gasteiger partial charge in [0, 0.05) is 10.7 Å². The van der Waals surface area contributed by atoms with Gasteiger partial charge in [0.1, 0.15) is 12.4 Å². The van der Waals surface area contributed by atoms with Crippen LogP contribution in [-0.2, 0) is 20.7 Å². The summed E-state index contributed by atoms with van der Waals surface area (Å²) >= 11 is 6.00. The van der Waals surface area contributed by atoms with Crippen molar-refractivity contribution in [2.24, 2.45) is 5.92 Å². The van der Waals surface area contributed by atoms with Crippen molar-refractivity contribution in [2.45, 2.75) is 33.3 Å². The number of nitrogens with one attached hydrogen (secondary N) is 1. The molecule has 0 unspecified atom stereocenters. The number of amides is 1. The van der Waals surface area contributed by atoms with Crippen molar-refractivity contribution in [1.29, 1.82) is 0 Å². The van der Waals surface area contributed by atoms with Crippen LogP contribution in [0.4, 0.5) is 5.69 Å². The van der Waals surface area contributed by atoms with Crippen molar-refractivity contribution in [1.82, 2.24) is 0 Å². The number of halogens is 1. The van der Waals surface area contributed by atoms with Gasteiger partial charge in [-0.2, -0.15) is 0 Å². The van der Waals surface area contributed by atoms with Gasteiger partial charge in [-0.1, -0.05) is 29.3 Å². The molecule has 0 aromatic heterocycles. The molecule has 0 saturated heterocycles. The highest BCUT2D eigenvalue weighted by atomic mass is 35.5. The Labute approximate surface area is 163 Å². The van der Waals surface area contributed by atoms with Crippen LogP contribution in [0.2, 0.25) is 5.02 Å². The van der Waals surface area contributed by atoms with Gasteiger partial charge in [-0.05, 0) is 62.6 Å². The number of anilines is 1. The Morgan fingerprint density at radius 1 is 1.22 bits per heavy atom. The van der Waals surface area contributed by atoms with Crippen molar-refractivity contribution in [2.75, 3.05) is 11.9 Å². The van der Waals surface area contributed by atoms with E-state index in [2.05, 4.69) is 5.32 Å². The van der Waals surface area contributed by atoms with Crippen LogP contribution in [0.3, 0.4) is 0 Å². The Morgan fingerprint density at radius 2 is 2.00 bits per heavy atom. The molecular formula is C21H22ClNO4. The summed E-state index contributed by atoms with van der Waals surface area (Å²) in [5.41, 5.74) is 3.64. The number of ether oxygens (including phenoxy) is 2. The third-order valence-electron chi connectivity index (χ3n) is 4.56. The number of aryl methyl sites for hydroxylation is 2. The minimum Gasteiger partial charge on any atom is -0.492 e. The topological polar surface area (TPSA) is 64.6 Å². The number of carbonyl (C=O) groups excluding carboxylic acids is 2. The average molecular weight is 388 g/mol. The molecule has 27 heavy (non-hydrogen) atoms. The van der Waals surface area contributed by atoms with E-state index in [0.29, 0.717) is 17.1 Å². The molecule has 3 rings (SSSR count). The molecule has 0 aliphatic carbocycles. The molecule has 0 spiro atoms. The number of carbonyl (C=O) groups is 2. The Hall–Kier alpha value is -2.53. The Balaban J connectivity index is 1.59. The van der Waals surface area contributed by atoms with Crippen molar-refractivity contribution in [3.05, 3.63) is 58.1 Å². The van der Waals surface area contributed by atoms with Crippen LogP contribution in [0.5, 0.6) is 5.75 Å². The zero-order chi connectivity index (χ0) is 19.6. The molecule has 0 radical (unpaired) electrons. The summed E-state index contributed by atoms with van der Waals surface area (Å²) in [5, 5.41) is 3.39. The molecule has 2 aromatic carbocycles. The summed E-state index contributed by atoms with van der Waals surface area (Å²) in [4.78, 5) is 24.8. The lowest BCUT2D eigenvalue weighted by Crippen LogP contribution is -2.36. The molecule has 0 saturated carbocycles. The van der Waals surface area contributed by atoms with Gasteiger partial charge in [-0.25, -0.2) is 0 Å². The first-order valence-electron chi connectivity index (χ1n) is 8.83. The summed E-state index contributed by atoms with van der Waals surface area (Å²) in [6.45, 7) is 5.69. The van der Waals surface area contributed by atoms with Crippen LogP contribution in [-0.4, -0.2) is 24.6 Å². The first kappa shape index (κ1) is 19.2. The number of hydrogen-bond acceptors (Lipinski definition) is 4. The molecule has 1 aliphatic heterocycles. The Morgan fingerprint density at radius 3 is 2.74 bits per heavy atom. The van der Waals surface area contributed by atoms with E-state index in [-0.39, 0.29) is 12.5 Å². The van der Waals surface area contributed by atoms with Crippen molar-refractivity contribution >= 4 is 29.2 Å². The van der Waals surface area contributed by atoms with Gasteiger partial charge in [-0.3, -0.25) is 9.59 Å². The van der Waals surface area contributed by atoms with E-state index in [1.807, 2.05) is 32.0 Å². The van der Waals surface area contributed by atoms with E-state index in [4.69, 9.17) is 21.1 Å². The van der Waals surface area contributed by atoms with Gasteiger partial charge in [0.05, 0.1) is 5.92 Å². The molecule has 1 heterocycles. The minimum absolute atomic E-state index is 0.221. The van der Waals surface area contributed by atoms with Crippen LogP contribution in [0.15, 0.2) is 36.4 Å². The maximum absolute atomic E-state index is 12.5. The summed E-state index contributed by atoms with van der Waals surface area (Å²) in [7, 11) is 0. The Kier molecular flexibility index (Phi) is 5.71. The van der Waals surface area contributed by atoms with Crippen LogP contribution >= 0.6 is 11.6 Å². The van der Waals surface area contributed by atoms with Crippen molar-refractivity contribution in [3.63, 3.8) is 0 Å². The highest BCUT2D eigenvalue weighted by Gasteiger charge is 2.30. The molecule has 6 heteroatoms. The number of benzene rings is 2. The number of fused-ring (bicyclic) bond motifs is 1. The highest BCUT2D eigenvalue weighted by molar-refractivity contribution is 6.30. The quantitative estimate of drug-likeness (QED) is 0.803. The highest BCUT2D eigenvalue weighted by Crippen LogP contribution is 2.30. The van der Waals surface area contributed by atoms with Crippen molar-refractivity contribution < 1.29 is 19.1 Å². The SMILES string of the molecule is Cc1ccc(NC(=O)[C@H](C)OC(=O)[C@H]2COc3ccc(Cl)cc3C2)c(C)c1. The predicted octanol–water partition coefficient (Wildman–Crippen LogP) is 4.08. The molecule has 1 N–H and O–H groups in total. The summed E-state index contributed by atoms with van der Waals surface area (Å²) in [6, 6.07) is 11.1. The second-order valence-electron chi connectivity index (χ2n) is 6.85. The molecule has 0 fully saturated rings. The van der Waals surface area contributed by atoms with Gasteiger partial charge in [-0.15, -0.1) is 0 Å². The minimum atomic E-state index is -0.904. The van der Waals surface area contributed by atoms with Crippen LogP contribution in [0, 0.1) is 19.8 Å². The zero-order valence-corrected chi connectivity index (χ0v) is 16.3. The monoisotopic (exact) mass is 387 g/mol. The molecule has 5 nitrogen and oxygen atoms in total. The lowest BCUT2D eigenvalue weighted by atomic mass is 9.97. The lowest BCUT2D eigenvalue weighted by molar-refractivity contribution is -0.158. The maximum atomic E-state index is 12.5. The normalized spacial score (nSPS) is 16.7. The standard InChI is InChI=1S/C21H22ClNO4/c1-12-4-6-18(13(2)8-12)23-20(24)14(3)27-21(25)16-9-15-10-17(22)5-7-19(15)26-11-16/h4-8,10,14,16H,9,11H2,1-3H3,(H,23,24)/t14-,16+/m0/s1. The van der Waals surface area contributed by atoms with E-state index in [1.165, 1.54) is 0 Å². The second-order valence-corrected chi connectivity index (χ2v) is 7.29. The van der Waals surface area contributed by atoms with E-state index in [9.17, 15) is 9.59 Å². The lowest BCUT2D eigenvalue weighted by Gasteiger charge is -2.25. The third kappa shape index (κ3) is 4.61. The first-order valence-corrected chi connectivity index (χ1v) is 9.21. The smallest absolute Gasteiger partial charge is 0.313 e. The van der Waals surface area contributed by atoms with Crippen LogP contribution in [0.25, 0.3) is 0 Å². The largest absolute Gasteiger partial charge is 0.492 e. The third-order valence-corrected chi connectivity index (χ3v) is 4.80. The van der Waals surface area contributed by atoms with E-state index in [1.54, 1.807) is 25.1 Å². The summed E-state index contributed by atoms with van der Waals surface area (Å²) < 4.78 is 11.0. The van der Waals surface area contributed by atoms with Crippen LogP contribution < -0.4 is 10.1 Å². The zero-order valence-electron chi connectivity index (χ0n) is 15.5. The molecule has 2 atom stereocenters. The van der Waals surface area contributed by atoms with Gasteiger partial charge < -0.3 is 14.8 Å². The summed E-state index contributed by atoms with van der Waals surface area (Å²) in [5.74, 6) is -0.559. The fourth-order valence-corrected chi connectivity index (χ4v) is 3.22. The fraction of sp³-hybridized carbons (Fsp3) is 0.333. The maximum Gasteiger partial charge on any atom is 0.313 e. The average Bonchev–Trinajstić information content (AvgIpc) is 2.63. The first-order chi connectivity index (χ1) is 12.8. The van der Waals surface area contributed by atoms with E-state index >= 15 is 0 Å². The number of esters is 1. The molecule has 0 bridgehead atoms. The molecule has 1 amide bonds. The van der Waals surface area contributed by atoms with E-state index < -0.39 is 18.0 Å². The van der Waals surface area contributed by atoms with Crippen molar-refractivity contribution in [3.8, 4) is 5.75 Å². The van der Waals surface area contributed by atoms with Gasteiger partial charge in [0.25, 0.3) is 5.91 Å². The van der Waals surface area contributed by atoms with Crippen LogP contribution in [0.1, 0.15) is 23.6 Å². The van der Waals surface area contributed by atoms with Gasteiger partial charge in [0.15, 0.2) is 6.10 Å². The molecule has 1 aliphatic rings. The molecule has 142 valence electrons. The van der Waals surface area contributed by atoms with Gasteiger partial charge >= 0.3 is 5.97 Å². The predicted molar refractivity (Wildman–Crippen MR) is 104 cm³/mol. The Bertz CT molecular complexity index is 880. The number of rotatable bonds is 4. The fourth-order valence-electron chi connectivity index (χ4n) is 3.03.